The summed E-state index contributed by atoms with van der Waals surface area (Å²) in [6.45, 7) is 4.22. The topological polar surface area (TPSA) is 68.2 Å². The SMILES string of the molecule is CCc1cc(Br)c(OCc2c(OC)cccc2N(O)C(=O)OC)cc1C. The first kappa shape index (κ1) is 20.1. The molecule has 0 aliphatic carbocycles. The summed E-state index contributed by atoms with van der Waals surface area (Å²) in [5, 5.41) is 10.5. The molecule has 0 aliphatic heterocycles. The molecule has 1 amide bonds. The predicted molar refractivity (Wildman–Crippen MR) is 102 cm³/mol. The quantitative estimate of drug-likeness (QED) is 0.530. The van der Waals surface area contributed by atoms with E-state index in [1.54, 1.807) is 18.2 Å². The van der Waals surface area contributed by atoms with Crippen molar-refractivity contribution in [3.8, 4) is 11.5 Å². The highest BCUT2D eigenvalue weighted by molar-refractivity contribution is 9.10. The molecule has 2 aromatic carbocycles. The molecule has 2 aromatic rings. The van der Waals surface area contributed by atoms with Crippen LogP contribution in [0.5, 0.6) is 11.5 Å². The van der Waals surface area contributed by atoms with Crippen LogP contribution < -0.4 is 14.5 Å². The zero-order valence-electron chi connectivity index (χ0n) is 15.2. The second kappa shape index (κ2) is 8.91. The van der Waals surface area contributed by atoms with Gasteiger partial charge in [-0.25, -0.2) is 4.79 Å². The van der Waals surface area contributed by atoms with E-state index < -0.39 is 6.09 Å². The number of benzene rings is 2. The minimum Gasteiger partial charge on any atom is -0.496 e. The molecule has 0 fully saturated rings. The molecule has 26 heavy (non-hydrogen) atoms. The van der Waals surface area contributed by atoms with Crippen LogP contribution in [-0.2, 0) is 17.8 Å². The van der Waals surface area contributed by atoms with Gasteiger partial charge in [0.15, 0.2) is 0 Å². The number of rotatable bonds is 6. The van der Waals surface area contributed by atoms with Gasteiger partial charge in [0.25, 0.3) is 0 Å². The van der Waals surface area contributed by atoms with E-state index in [1.807, 2.05) is 19.1 Å². The normalized spacial score (nSPS) is 10.4. The Hall–Kier alpha value is -2.25. The lowest BCUT2D eigenvalue weighted by Crippen LogP contribution is -2.28. The van der Waals surface area contributed by atoms with Crippen molar-refractivity contribution in [1.29, 1.82) is 0 Å². The molecule has 0 saturated carbocycles. The second-order valence-corrected chi connectivity index (χ2v) is 6.45. The van der Waals surface area contributed by atoms with E-state index in [2.05, 4.69) is 27.6 Å². The van der Waals surface area contributed by atoms with E-state index in [4.69, 9.17) is 9.47 Å². The van der Waals surface area contributed by atoms with Crippen LogP contribution in [0.2, 0.25) is 0 Å². The Morgan fingerprint density at radius 3 is 2.58 bits per heavy atom. The molecule has 0 heterocycles. The highest BCUT2D eigenvalue weighted by atomic mass is 79.9. The van der Waals surface area contributed by atoms with Gasteiger partial charge in [-0.15, -0.1) is 0 Å². The van der Waals surface area contributed by atoms with E-state index in [0.29, 0.717) is 22.1 Å². The van der Waals surface area contributed by atoms with Crippen molar-refractivity contribution < 1.29 is 24.2 Å². The van der Waals surface area contributed by atoms with E-state index >= 15 is 0 Å². The zero-order chi connectivity index (χ0) is 19.3. The average Bonchev–Trinajstić information content (AvgIpc) is 2.66. The summed E-state index contributed by atoms with van der Waals surface area (Å²) in [5.74, 6) is 1.16. The first-order valence-corrected chi connectivity index (χ1v) is 8.86. The Kier molecular flexibility index (Phi) is 6.88. The number of hydroxylamine groups is 1. The largest absolute Gasteiger partial charge is 0.496 e. The standard InChI is InChI=1S/C19H22BrNO5/c1-5-13-10-15(20)18(9-12(13)2)26-11-14-16(21(23)19(22)25-4)7-6-8-17(14)24-3/h6-10,23H,5,11H2,1-4H3. The van der Waals surface area contributed by atoms with Gasteiger partial charge in [-0.2, -0.15) is 5.06 Å². The van der Waals surface area contributed by atoms with Crippen molar-refractivity contribution in [2.45, 2.75) is 26.9 Å². The third-order valence-corrected chi connectivity index (χ3v) is 4.67. The van der Waals surface area contributed by atoms with Gasteiger partial charge >= 0.3 is 6.09 Å². The first-order chi connectivity index (χ1) is 12.4. The maximum atomic E-state index is 11.7. The molecule has 2 rings (SSSR count). The van der Waals surface area contributed by atoms with Crippen molar-refractivity contribution in [2.75, 3.05) is 19.3 Å². The number of nitrogens with zero attached hydrogens (tertiary/aromatic N) is 1. The number of aryl methyl sites for hydroxylation is 2. The molecule has 0 spiro atoms. The fourth-order valence-corrected chi connectivity index (χ4v) is 3.12. The minimum absolute atomic E-state index is 0.0942. The number of halogens is 1. The van der Waals surface area contributed by atoms with E-state index in [-0.39, 0.29) is 12.3 Å². The van der Waals surface area contributed by atoms with Crippen molar-refractivity contribution in [3.63, 3.8) is 0 Å². The number of hydrogen-bond donors (Lipinski definition) is 1. The fourth-order valence-electron chi connectivity index (χ4n) is 2.61. The van der Waals surface area contributed by atoms with Crippen LogP contribution in [-0.4, -0.2) is 25.5 Å². The van der Waals surface area contributed by atoms with Crippen LogP contribution in [0.25, 0.3) is 0 Å². The molecule has 1 N–H and O–H groups in total. The summed E-state index contributed by atoms with van der Waals surface area (Å²) >= 11 is 3.52. The lowest BCUT2D eigenvalue weighted by molar-refractivity contribution is 0.140. The Morgan fingerprint density at radius 1 is 1.23 bits per heavy atom. The van der Waals surface area contributed by atoms with Gasteiger partial charge < -0.3 is 14.2 Å². The van der Waals surface area contributed by atoms with Gasteiger partial charge in [-0.3, -0.25) is 5.21 Å². The van der Waals surface area contributed by atoms with Crippen molar-refractivity contribution >= 4 is 27.7 Å². The molecule has 7 heteroatoms. The first-order valence-electron chi connectivity index (χ1n) is 8.07. The van der Waals surface area contributed by atoms with Crippen LogP contribution in [0.1, 0.15) is 23.6 Å². The zero-order valence-corrected chi connectivity index (χ0v) is 16.8. The summed E-state index contributed by atoms with van der Waals surface area (Å²) in [4.78, 5) is 11.7. The van der Waals surface area contributed by atoms with Gasteiger partial charge in [0.1, 0.15) is 18.1 Å². The van der Waals surface area contributed by atoms with Crippen molar-refractivity contribution in [2.24, 2.45) is 0 Å². The van der Waals surface area contributed by atoms with E-state index in [1.165, 1.54) is 19.8 Å². The van der Waals surface area contributed by atoms with Gasteiger partial charge in [0.2, 0.25) is 0 Å². The highest BCUT2D eigenvalue weighted by Gasteiger charge is 2.21. The number of hydrogen-bond acceptors (Lipinski definition) is 5. The van der Waals surface area contributed by atoms with Crippen LogP contribution >= 0.6 is 15.9 Å². The van der Waals surface area contributed by atoms with Crippen molar-refractivity contribution in [1.82, 2.24) is 0 Å². The van der Waals surface area contributed by atoms with Gasteiger partial charge in [-0.1, -0.05) is 13.0 Å². The molecule has 0 aromatic heterocycles. The number of carbonyl (C=O) groups excluding carboxylic acids is 1. The summed E-state index contributed by atoms with van der Waals surface area (Å²) < 4.78 is 16.7. The van der Waals surface area contributed by atoms with Crippen LogP contribution in [0.3, 0.4) is 0 Å². The monoisotopic (exact) mass is 423 g/mol. The minimum atomic E-state index is -0.899. The summed E-state index contributed by atoms with van der Waals surface area (Å²) in [7, 11) is 2.70. The molecule has 6 nitrogen and oxygen atoms in total. The highest BCUT2D eigenvalue weighted by Crippen LogP contribution is 2.33. The molecule has 140 valence electrons. The van der Waals surface area contributed by atoms with Crippen molar-refractivity contribution in [3.05, 3.63) is 51.5 Å². The van der Waals surface area contributed by atoms with Crippen LogP contribution in [0, 0.1) is 6.92 Å². The van der Waals surface area contributed by atoms with E-state index in [0.717, 1.165) is 16.5 Å². The number of amides is 1. The van der Waals surface area contributed by atoms with Gasteiger partial charge in [0, 0.05) is 0 Å². The molecule has 0 radical (unpaired) electrons. The molecule has 0 bridgehead atoms. The van der Waals surface area contributed by atoms with Gasteiger partial charge in [0.05, 0.1) is 29.9 Å². The Morgan fingerprint density at radius 2 is 1.96 bits per heavy atom. The predicted octanol–water partition coefficient (Wildman–Crippen LogP) is 4.87. The van der Waals surface area contributed by atoms with Gasteiger partial charge in [-0.05, 0) is 64.7 Å². The molecular weight excluding hydrogens is 402 g/mol. The summed E-state index contributed by atoms with van der Waals surface area (Å²) in [6, 6.07) is 8.96. The smallest absolute Gasteiger partial charge is 0.438 e. The maximum absolute atomic E-state index is 11.7. The average molecular weight is 424 g/mol. The van der Waals surface area contributed by atoms with Crippen LogP contribution in [0.15, 0.2) is 34.8 Å². The molecule has 0 atom stereocenters. The maximum Gasteiger partial charge on any atom is 0.438 e. The summed E-state index contributed by atoms with van der Waals surface area (Å²) in [5.41, 5.74) is 3.11. The van der Waals surface area contributed by atoms with E-state index in [9.17, 15) is 10.0 Å². The Labute approximate surface area is 161 Å². The molecule has 0 unspecified atom stereocenters. The second-order valence-electron chi connectivity index (χ2n) is 5.59. The molecular formula is C19H22BrNO5. The molecule has 0 saturated heterocycles. The fraction of sp³-hybridized carbons (Fsp3) is 0.316. The number of ether oxygens (including phenoxy) is 3. The number of methoxy groups -OCH3 is 2. The lowest BCUT2D eigenvalue weighted by Gasteiger charge is -2.20. The Bertz CT molecular complexity index is 794. The lowest BCUT2D eigenvalue weighted by atomic mass is 10.1. The number of carbonyl (C=O) groups is 1. The summed E-state index contributed by atoms with van der Waals surface area (Å²) in [6.07, 6.45) is 0.0313. The Balaban J connectivity index is 2.34. The number of anilines is 1. The van der Waals surface area contributed by atoms with Crippen LogP contribution in [0.4, 0.5) is 10.5 Å². The third-order valence-electron chi connectivity index (χ3n) is 4.05. The third kappa shape index (κ3) is 4.28. The molecule has 0 aliphatic rings.